The number of halogens is 1. The summed E-state index contributed by atoms with van der Waals surface area (Å²) in [4.78, 5) is 56.1. The SMILES string of the molecule is Cc1ccc([C@]2(O)O[C@H](COC(=O)C(C)(C)C)[C@@H](OC(=O)C(C)(C)C)[C@H](OC(=O)C(C)(C)C)[C@H]2OC(=O)C(C)(C)C)cc1Cc1ccc(-c2ccc(F)cc2)s1. The average Bonchev–Trinajstić information content (AvgIpc) is 3.54. The van der Waals surface area contributed by atoms with E-state index in [1.165, 1.54) is 23.5 Å². The zero-order chi connectivity index (χ0) is 42.2. The van der Waals surface area contributed by atoms with Crippen LogP contribution >= 0.6 is 11.3 Å². The Labute approximate surface area is 334 Å². The highest BCUT2D eigenvalue weighted by atomic mass is 32.1. The molecule has 0 radical (unpaired) electrons. The first-order valence-electron chi connectivity index (χ1n) is 18.8. The van der Waals surface area contributed by atoms with Crippen molar-refractivity contribution >= 4 is 35.2 Å². The minimum Gasteiger partial charge on any atom is -0.462 e. The van der Waals surface area contributed by atoms with Gasteiger partial charge in [0.25, 0.3) is 0 Å². The van der Waals surface area contributed by atoms with Crippen LogP contribution < -0.4 is 0 Å². The van der Waals surface area contributed by atoms with Crippen molar-refractivity contribution in [2.45, 2.75) is 127 Å². The molecule has 1 fully saturated rings. The van der Waals surface area contributed by atoms with E-state index < -0.39 is 82.3 Å². The van der Waals surface area contributed by atoms with Gasteiger partial charge in [0.2, 0.25) is 11.9 Å². The van der Waals surface area contributed by atoms with Gasteiger partial charge in [-0.05, 0) is 137 Å². The standard InChI is InChI=1S/C44H57FO10S/c1-25-14-17-28(22-27(25)23-30-20-21-32(56-30)26-15-18-29(45)19-16-26)44(50)35(54-39(49)43(11,12)13)34(53-38(48)42(8,9)10)33(52-37(47)41(5,6)7)31(55-44)24-51-36(46)40(2,3)4/h14-22,31,33-35,50H,23-24H2,1-13H3/t31-,33-,34+,35-,44+/m1/s1. The lowest BCUT2D eigenvalue weighted by Gasteiger charge is -2.50. The third-order valence-electron chi connectivity index (χ3n) is 9.17. The smallest absolute Gasteiger partial charge is 0.311 e. The van der Waals surface area contributed by atoms with Gasteiger partial charge in [-0.15, -0.1) is 11.3 Å². The number of hydrogen-bond acceptors (Lipinski definition) is 11. The summed E-state index contributed by atoms with van der Waals surface area (Å²) in [7, 11) is 0. The molecule has 2 aromatic carbocycles. The van der Waals surface area contributed by atoms with Gasteiger partial charge in [0.15, 0.2) is 12.2 Å². The van der Waals surface area contributed by atoms with Crippen LogP contribution in [-0.4, -0.2) is 60.0 Å². The number of hydrogen-bond donors (Lipinski definition) is 1. The summed E-state index contributed by atoms with van der Waals surface area (Å²) in [6, 6.07) is 15.3. The monoisotopic (exact) mass is 796 g/mol. The van der Waals surface area contributed by atoms with Crippen LogP contribution in [0.25, 0.3) is 10.4 Å². The molecule has 1 aliphatic rings. The first kappa shape index (κ1) is 44.6. The fourth-order valence-electron chi connectivity index (χ4n) is 5.53. The molecule has 0 bridgehead atoms. The highest BCUT2D eigenvalue weighted by Gasteiger charge is 2.62. The van der Waals surface area contributed by atoms with E-state index in [9.17, 15) is 28.7 Å². The second-order valence-corrected chi connectivity index (χ2v) is 19.8. The first-order chi connectivity index (χ1) is 25.6. The summed E-state index contributed by atoms with van der Waals surface area (Å²) in [5, 5.41) is 13.0. The largest absolute Gasteiger partial charge is 0.462 e. The van der Waals surface area contributed by atoms with Crippen molar-refractivity contribution in [1.29, 1.82) is 0 Å². The maximum absolute atomic E-state index is 13.7. The Morgan fingerprint density at radius 2 is 1.23 bits per heavy atom. The highest BCUT2D eigenvalue weighted by molar-refractivity contribution is 7.15. The van der Waals surface area contributed by atoms with Crippen LogP contribution in [0, 0.1) is 34.4 Å². The molecular weight excluding hydrogens is 740 g/mol. The van der Waals surface area contributed by atoms with E-state index in [-0.39, 0.29) is 11.4 Å². The van der Waals surface area contributed by atoms with Gasteiger partial charge in [0, 0.05) is 21.7 Å². The molecule has 306 valence electrons. The third-order valence-corrected chi connectivity index (χ3v) is 10.3. The number of carbonyl (C=O) groups excluding carboxylic acids is 4. The van der Waals surface area contributed by atoms with Crippen molar-refractivity contribution < 1.29 is 52.4 Å². The second-order valence-electron chi connectivity index (χ2n) is 18.6. The lowest BCUT2D eigenvalue weighted by molar-refractivity contribution is -0.362. The van der Waals surface area contributed by atoms with E-state index >= 15 is 0 Å². The van der Waals surface area contributed by atoms with E-state index in [4.69, 9.17) is 23.7 Å². The molecule has 1 saturated heterocycles. The van der Waals surface area contributed by atoms with Gasteiger partial charge in [0.1, 0.15) is 18.5 Å². The number of ether oxygens (including phenoxy) is 5. The summed E-state index contributed by atoms with van der Waals surface area (Å²) in [5.74, 6) is -5.62. The molecule has 3 aromatic rings. The Balaban J connectivity index is 1.90. The van der Waals surface area contributed by atoms with E-state index in [1.54, 1.807) is 113 Å². The number of thiophene rings is 1. The van der Waals surface area contributed by atoms with Gasteiger partial charge in [-0.2, -0.15) is 0 Å². The summed E-state index contributed by atoms with van der Waals surface area (Å²) >= 11 is 1.54. The predicted molar refractivity (Wildman–Crippen MR) is 211 cm³/mol. The minimum atomic E-state index is -2.52. The predicted octanol–water partition coefficient (Wildman–Crippen LogP) is 8.46. The molecule has 12 heteroatoms. The zero-order valence-electron chi connectivity index (χ0n) is 34.8. The Hall–Kier alpha value is -4.13. The molecule has 4 rings (SSSR count). The van der Waals surface area contributed by atoms with Crippen molar-refractivity contribution in [3.05, 3.63) is 82.0 Å². The topological polar surface area (TPSA) is 135 Å². The fraction of sp³-hybridized carbons (Fsp3) is 0.545. The van der Waals surface area contributed by atoms with Crippen LogP contribution in [0.3, 0.4) is 0 Å². The van der Waals surface area contributed by atoms with E-state index in [2.05, 4.69) is 0 Å². The molecule has 0 unspecified atom stereocenters. The van der Waals surface area contributed by atoms with Crippen LogP contribution in [-0.2, 0) is 55.1 Å². The molecule has 0 spiro atoms. The average molecular weight is 797 g/mol. The molecule has 5 atom stereocenters. The van der Waals surface area contributed by atoms with Gasteiger partial charge in [0.05, 0.1) is 21.7 Å². The Morgan fingerprint density at radius 3 is 1.77 bits per heavy atom. The maximum atomic E-state index is 13.7. The van der Waals surface area contributed by atoms with E-state index in [0.717, 1.165) is 26.4 Å². The number of esters is 4. The van der Waals surface area contributed by atoms with Crippen LogP contribution in [0.15, 0.2) is 54.6 Å². The van der Waals surface area contributed by atoms with Gasteiger partial charge in [-0.3, -0.25) is 19.2 Å². The van der Waals surface area contributed by atoms with Gasteiger partial charge in [-0.1, -0.05) is 24.3 Å². The quantitative estimate of drug-likeness (QED) is 0.166. The number of carbonyl (C=O) groups is 4. The van der Waals surface area contributed by atoms with Crippen LogP contribution in [0.5, 0.6) is 0 Å². The van der Waals surface area contributed by atoms with Crippen LogP contribution in [0.2, 0.25) is 0 Å². The Kier molecular flexibility index (Phi) is 13.0. The van der Waals surface area contributed by atoms with Crippen LogP contribution in [0.4, 0.5) is 4.39 Å². The minimum absolute atomic E-state index is 0.157. The summed E-state index contributed by atoms with van der Waals surface area (Å²) in [5.41, 5.74) is -1.41. The van der Waals surface area contributed by atoms with Crippen molar-refractivity contribution in [1.82, 2.24) is 0 Å². The summed E-state index contributed by atoms with van der Waals surface area (Å²) < 4.78 is 44.1. The van der Waals surface area contributed by atoms with Crippen molar-refractivity contribution in [2.24, 2.45) is 21.7 Å². The maximum Gasteiger partial charge on any atom is 0.311 e. The highest BCUT2D eigenvalue weighted by Crippen LogP contribution is 2.44. The molecule has 2 heterocycles. The van der Waals surface area contributed by atoms with Crippen LogP contribution in [0.1, 0.15) is 105 Å². The molecule has 1 aliphatic heterocycles. The Morgan fingerprint density at radius 1 is 0.714 bits per heavy atom. The van der Waals surface area contributed by atoms with Gasteiger partial charge in [-0.25, -0.2) is 4.39 Å². The third kappa shape index (κ3) is 10.6. The Bertz CT molecular complexity index is 1910. The molecule has 1 aromatic heterocycles. The van der Waals surface area contributed by atoms with Crippen molar-refractivity contribution in [3.8, 4) is 10.4 Å². The normalized spacial score (nSPS) is 21.9. The molecule has 10 nitrogen and oxygen atoms in total. The number of aliphatic hydroxyl groups is 1. The molecule has 0 saturated carbocycles. The molecule has 56 heavy (non-hydrogen) atoms. The first-order valence-corrected chi connectivity index (χ1v) is 19.6. The number of aryl methyl sites for hydroxylation is 1. The molecular formula is C44H57FO10S. The van der Waals surface area contributed by atoms with E-state index in [0.29, 0.717) is 6.42 Å². The number of benzene rings is 2. The summed E-state index contributed by atoms with van der Waals surface area (Å²) in [6.45, 7) is 21.1. The second kappa shape index (κ2) is 16.4. The molecule has 0 amide bonds. The van der Waals surface area contributed by atoms with Crippen molar-refractivity contribution in [3.63, 3.8) is 0 Å². The van der Waals surface area contributed by atoms with Gasteiger partial charge < -0.3 is 28.8 Å². The van der Waals surface area contributed by atoms with Gasteiger partial charge >= 0.3 is 23.9 Å². The lowest BCUT2D eigenvalue weighted by Crippen LogP contribution is -2.67. The zero-order valence-corrected chi connectivity index (χ0v) is 35.6. The lowest BCUT2D eigenvalue weighted by atomic mass is 9.85. The van der Waals surface area contributed by atoms with Crippen molar-refractivity contribution in [2.75, 3.05) is 6.61 Å². The number of rotatable bonds is 9. The summed E-state index contributed by atoms with van der Waals surface area (Å²) in [6.07, 6.45) is -5.86. The van der Waals surface area contributed by atoms with E-state index in [1.807, 2.05) is 19.1 Å². The fourth-order valence-corrected chi connectivity index (χ4v) is 6.57. The molecule has 0 aliphatic carbocycles. The molecule has 1 N–H and O–H groups in total.